The van der Waals surface area contributed by atoms with Crippen LogP contribution in [0.5, 0.6) is 0 Å². The lowest BCUT2D eigenvalue weighted by atomic mass is 9.93. The SMILES string of the molecule is c1cc(-c2ccc3c(c2)C(c2ccsc2)=NCCC3)ccn1. The summed E-state index contributed by atoms with van der Waals surface area (Å²) in [6.07, 6.45) is 5.90. The first-order chi connectivity index (χ1) is 10.9. The number of hydrogen-bond donors (Lipinski definition) is 0. The third-order valence-electron chi connectivity index (χ3n) is 4.05. The second kappa shape index (κ2) is 5.85. The first kappa shape index (κ1) is 13.4. The molecule has 0 fully saturated rings. The molecule has 0 unspecified atom stereocenters. The summed E-state index contributed by atoms with van der Waals surface area (Å²) in [5.41, 5.74) is 7.49. The lowest BCUT2D eigenvalue weighted by Crippen LogP contribution is -2.05. The number of aryl methyl sites for hydroxylation is 1. The Kier molecular flexibility index (Phi) is 3.57. The van der Waals surface area contributed by atoms with Crippen molar-refractivity contribution in [3.05, 3.63) is 76.2 Å². The van der Waals surface area contributed by atoms with Gasteiger partial charge >= 0.3 is 0 Å². The lowest BCUT2D eigenvalue weighted by Gasteiger charge is -2.11. The van der Waals surface area contributed by atoms with Gasteiger partial charge in [0, 0.05) is 35.4 Å². The molecule has 0 N–H and O–H groups in total. The predicted octanol–water partition coefficient (Wildman–Crippen LogP) is 4.59. The van der Waals surface area contributed by atoms with Crippen LogP contribution in [0.1, 0.15) is 23.1 Å². The number of nitrogens with zero attached hydrogens (tertiary/aromatic N) is 2. The van der Waals surface area contributed by atoms with Gasteiger partial charge in [-0.15, -0.1) is 0 Å². The van der Waals surface area contributed by atoms with E-state index in [9.17, 15) is 0 Å². The van der Waals surface area contributed by atoms with Crippen LogP contribution in [-0.2, 0) is 6.42 Å². The summed E-state index contributed by atoms with van der Waals surface area (Å²) in [6, 6.07) is 13.0. The lowest BCUT2D eigenvalue weighted by molar-refractivity contribution is 0.845. The van der Waals surface area contributed by atoms with Crippen LogP contribution >= 0.6 is 11.3 Å². The van der Waals surface area contributed by atoms with Crippen LogP contribution in [0.3, 0.4) is 0 Å². The molecule has 1 aliphatic rings. The molecular formula is C19H16N2S. The maximum atomic E-state index is 4.85. The normalized spacial score (nSPS) is 14.1. The Morgan fingerprint density at radius 3 is 2.64 bits per heavy atom. The molecule has 1 aromatic carbocycles. The van der Waals surface area contributed by atoms with Crippen LogP contribution in [0.15, 0.2) is 64.5 Å². The van der Waals surface area contributed by atoms with Crippen molar-refractivity contribution < 1.29 is 0 Å². The molecule has 0 saturated heterocycles. The molecule has 3 aromatic rings. The molecule has 0 atom stereocenters. The van der Waals surface area contributed by atoms with Gasteiger partial charge in [-0.25, -0.2) is 0 Å². The van der Waals surface area contributed by atoms with Crippen LogP contribution in [0.4, 0.5) is 0 Å². The van der Waals surface area contributed by atoms with E-state index in [1.54, 1.807) is 11.3 Å². The molecule has 22 heavy (non-hydrogen) atoms. The fraction of sp³-hybridized carbons (Fsp3) is 0.158. The summed E-state index contributed by atoms with van der Waals surface area (Å²) >= 11 is 1.73. The summed E-state index contributed by atoms with van der Waals surface area (Å²) in [6.45, 7) is 0.907. The second-order valence-corrected chi connectivity index (χ2v) is 6.23. The second-order valence-electron chi connectivity index (χ2n) is 5.45. The van der Waals surface area contributed by atoms with E-state index in [4.69, 9.17) is 4.99 Å². The van der Waals surface area contributed by atoms with E-state index in [1.807, 2.05) is 12.4 Å². The van der Waals surface area contributed by atoms with Crippen molar-refractivity contribution in [3.63, 3.8) is 0 Å². The van der Waals surface area contributed by atoms with Crippen molar-refractivity contribution in [1.29, 1.82) is 0 Å². The third-order valence-corrected chi connectivity index (χ3v) is 4.73. The minimum atomic E-state index is 0.907. The van der Waals surface area contributed by atoms with E-state index in [-0.39, 0.29) is 0 Å². The Hall–Kier alpha value is -2.26. The van der Waals surface area contributed by atoms with Crippen LogP contribution in [-0.4, -0.2) is 17.2 Å². The van der Waals surface area contributed by atoms with E-state index >= 15 is 0 Å². The average Bonchev–Trinajstić information content (AvgIpc) is 3.02. The van der Waals surface area contributed by atoms with Crippen LogP contribution in [0, 0.1) is 0 Å². The molecule has 1 aliphatic heterocycles. The van der Waals surface area contributed by atoms with Gasteiger partial charge in [0.15, 0.2) is 0 Å². The maximum absolute atomic E-state index is 4.85. The van der Waals surface area contributed by atoms with Crippen molar-refractivity contribution in [3.8, 4) is 11.1 Å². The van der Waals surface area contributed by atoms with Gasteiger partial charge in [0.1, 0.15) is 0 Å². The number of aliphatic imine (C=N–C) groups is 1. The number of rotatable bonds is 2. The zero-order chi connectivity index (χ0) is 14.8. The Morgan fingerprint density at radius 1 is 0.909 bits per heavy atom. The molecule has 0 saturated carbocycles. The Labute approximate surface area is 134 Å². The van der Waals surface area contributed by atoms with Gasteiger partial charge in [-0.1, -0.05) is 12.1 Å². The summed E-state index contributed by atoms with van der Waals surface area (Å²) in [5.74, 6) is 0. The number of hydrogen-bond acceptors (Lipinski definition) is 3. The van der Waals surface area contributed by atoms with Crippen LogP contribution < -0.4 is 0 Å². The zero-order valence-corrected chi connectivity index (χ0v) is 13.0. The molecule has 0 spiro atoms. The standard InChI is InChI=1S/C19H16N2S/c1-2-15-3-4-16(14-5-9-20-10-6-14)12-18(15)19(21-8-1)17-7-11-22-13-17/h3-7,9-13H,1-2,8H2. The smallest absolute Gasteiger partial charge is 0.0730 e. The third kappa shape index (κ3) is 2.48. The van der Waals surface area contributed by atoms with Gasteiger partial charge in [-0.05, 0) is 59.2 Å². The van der Waals surface area contributed by atoms with Gasteiger partial charge in [0.25, 0.3) is 0 Å². The molecular weight excluding hydrogens is 288 g/mol. The van der Waals surface area contributed by atoms with Crippen molar-refractivity contribution >= 4 is 17.0 Å². The quantitative estimate of drug-likeness (QED) is 0.679. The number of aromatic nitrogens is 1. The van der Waals surface area contributed by atoms with Crippen molar-refractivity contribution in [2.24, 2.45) is 4.99 Å². The minimum absolute atomic E-state index is 0.907. The van der Waals surface area contributed by atoms with Gasteiger partial charge in [-0.3, -0.25) is 9.98 Å². The van der Waals surface area contributed by atoms with E-state index in [2.05, 4.69) is 52.1 Å². The molecule has 0 aliphatic carbocycles. The number of thiophene rings is 1. The van der Waals surface area contributed by atoms with Gasteiger partial charge in [0.05, 0.1) is 5.71 Å². The highest BCUT2D eigenvalue weighted by atomic mass is 32.1. The molecule has 0 radical (unpaired) electrons. The molecule has 3 heterocycles. The molecule has 108 valence electrons. The number of fused-ring (bicyclic) bond motifs is 1. The van der Waals surface area contributed by atoms with Crippen molar-refractivity contribution in [2.45, 2.75) is 12.8 Å². The molecule has 4 rings (SSSR count). The highest BCUT2D eigenvalue weighted by molar-refractivity contribution is 7.08. The van der Waals surface area contributed by atoms with Gasteiger partial charge in [0.2, 0.25) is 0 Å². The fourth-order valence-corrected chi connectivity index (χ4v) is 3.57. The van der Waals surface area contributed by atoms with Crippen molar-refractivity contribution in [2.75, 3.05) is 6.54 Å². The fourth-order valence-electron chi connectivity index (χ4n) is 2.93. The van der Waals surface area contributed by atoms with Crippen LogP contribution in [0.2, 0.25) is 0 Å². The summed E-state index contributed by atoms with van der Waals surface area (Å²) < 4.78 is 0. The van der Waals surface area contributed by atoms with Gasteiger partial charge in [-0.2, -0.15) is 11.3 Å². The highest BCUT2D eigenvalue weighted by Crippen LogP contribution is 2.27. The Bertz CT molecular complexity index is 805. The minimum Gasteiger partial charge on any atom is -0.284 e. The molecule has 0 amide bonds. The molecule has 3 heteroatoms. The van der Waals surface area contributed by atoms with Crippen LogP contribution in [0.25, 0.3) is 11.1 Å². The van der Waals surface area contributed by atoms with E-state index in [0.717, 1.165) is 25.1 Å². The Morgan fingerprint density at radius 2 is 1.82 bits per heavy atom. The molecule has 2 nitrogen and oxygen atoms in total. The summed E-state index contributed by atoms with van der Waals surface area (Å²) in [4.78, 5) is 8.96. The first-order valence-electron chi connectivity index (χ1n) is 7.52. The summed E-state index contributed by atoms with van der Waals surface area (Å²) in [5, 5.41) is 4.31. The largest absolute Gasteiger partial charge is 0.284 e. The van der Waals surface area contributed by atoms with Gasteiger partial charge < -0.3 is 0 Å². The predicted molar refractivity (Wildman–Crippen MR) is 92.8 cm³/mol. The zero-order valence-electron chi connectivity index (χ0n) is 12.2. The topological polar surface area (TPSA) is 25.2 Å². The maximum Gasteiger partial charge on any atom is 0.0730 e. The van der Waals surface area contributed by atoms with E-state index in [1.165, 1.54) is 27.8 Å². The number of benzene rings is 1. The Balaban J connectivity index is 1.86. The number of pyridine rings is 1. The first-order valence-corrected chi connectivity index (χ1v) is 8.47. The molecule has 2 aromatic heterocycles. The summed E-state index contributed by atoms with van der Waals surface area (Å²) in [7, 11) is 0. The van der Waals surface area contributed by atoms with E-state index < -0.39 is 0 Å². The highest BCUT2D eigenvalue weighted by Gasteiger charge is 2.16. The monoisotopic (exact) mass is 304 g/mol. The molecule has 0 bridgehead atoms. The average molecular weight is 304 g/mol. The van der Waals surface area contributed by atoms with Crippen molar-refractivity contribution in [1.82, 2.24) is 4.98 Å². The van der Waals surface area contributed by atoms with E-state index in [0.29, 0.717) is 0 Å².